The van der Waals surface area contributed by atoms with E-state index in [2.05, 4.69) is 6.58 Å². The van der Waals surface area contributed by atoms with Crippen LogP contribution in [0.3, 0.4) is 0 Å². The first-order valence-corrected chi connectivity index (χ1v) is 4.69. The molecule has 0 radical (unpaired) electrons. The van der Waals surface area contributed by atoms with Crippen LogP contribution < -0.4 is 4.90 Å². The molecule has 5 nitrogen and oxygen atoms in total. The third kappa shape index (κ3) is 2.66. The summed E-state index contributed by atoms with van der Waals surface area (Å²) in [5.74, 6) is -0.180. The minimum Gasteiger partial charge on any atom is -0.309 e. The highest BCUT2D eigenvalue weighted by Gasteiger charge is 2.13. The van der Waals surface area contributed by atoms with Crippen LogP contribution in [0.2, 0.25) is 0 Å². The van der Waals surface area contributed by atoms with Gasteiger partial charge in [-0.15, -0.1) is 6.58 Å². The molecule has 0 unspecified atom stereocenters. The van der Waals surface area contributed by atoms with Crippen LogP contribution in [0.25, 0.3) is 0 Å². The highest BCUT2D eigenvalue weighted by Crippen LogP contribution is 2.21. The van der Waals surface area contributed by atoms with Gasteiger partial charge in [0.2, 0.25) is 5.91 Å². The fourth-order valence-corrected chi connectivity index (χ4v) is 1.32. The fourth-order valence-electron chi connectivity index (χ4n) is 1.32. The lowest BCUT2D eigenvalue weighted by atomic mass is 10.2. The van der Waals surface area contributed by atoms with Gasteiger partial charge in [0.25, 0.3) is 5.69 Å². The fraction of sp³-hybridized carbons (Fsp3) is 0.182. The monoisotopic (exact) mass is 220 g/mol. The van der Waals surface area contributed by atoms with E-state index in [4.69, 9.17) is 0 Å². The molecule has 1 aromatic rings. The molecule has 84 valence electrons. The molecule has 0 spiro atoms. The minimum atomic E-state index is -0.490. The number of amides is 1. The van der Waals surface area contributed by atoms with Crippen molar-refractivity contribution in [1.82, 2.24) is 0 Å². The van der Waals surface area contributed by atoms with Gasteiger partial charge in [-0.2, -0.15) is 0 Å². The molecule has 0 saturated carbocycles. The number of anilines is 1. The van der Waals surface area contributed by atoms with Crippen LogP contribution in [-0.4, -0.2) is 17.4 Å². The number of nitro benzene ring substituents is 1. The Labute approximate surface area is 93.1 Å². The summed E-state index contributed by atoms with van der Waals surface area (Å²) in [7, 11) is 0. The first kappa shape index (κ1) is 11.9. The Morgan fingerprint density at radius 3 is 2.81 bits per heavy atom. The van der Waals surface area contributed by atoms with Crippen LogP contribution in [0, 0.1) is 10.1 Å². The summed E-state index contributed by atoms with van der Waals surface area (Å²) in [6.07, 6.45) is 1.57. The van der Waals surface area contributed by atoms with E-state index in [-0.39, 0.29) is 11.6 Å². The van der Waals surface area contributed by atoms with Gasteiger partial charge in [-0.1, -0.05) is 12.1 Å². The minimum absolute atomic E-state index is 0.0344. The van der Waals surface area contributed by atoms with Gasteiger partial charge in [-0.05, 0) is 6.07 Å². The zero-order chi connectivity index (χ0) is 12.1. The van der Waals surface area contributed by atoms with Gasteiger partial charge in [0.15, 0.2) is 0 Å². The van der Waals surface area contributed by atoms with Crippen LogP contribution in [0.15, 0.2) is 36.9 Å². The summed E-state index contributed by atoms with van der Waals surface area (Å²) >= 11 is 0. The smallest absolute Gasteiger partial charge is 0.271 e. The number of nitrogens with zero attached hydrogens (tertiary/aromatic N) is 2. The second kappa shape index (κ2) is 5.06. The normalized spacial score (nSPS) is 9.56. The second-order valence-corrected chi connectivity index (χ2v) is 3.20. The van der Waals surface area contributed by atoms with Gasteiger partial charge >= 0.3 is 0 Å². The van der Waals surface area contributed by atoms with Gasteiger partial charge < -0.3 is 4.90 Å². The molecular weight excluding hydrogens is 208 g/mol. The van der Waals surface area contributed by atoms with Crippen molar-refractivity contribution in [2.75, 3.05) is 11.4 Å². The summed E-state index contributed by atoms with van der Waals surface area (Å²) in [5, 5.41) is 10.6. The maximum Gasteiger partial charge on any atom is 0.271 e. The van der Waals surface area contributed by atoms with Crippen molar-refractivity contribution in [3.63, 3.8) is 0 Å². The molecule has 1 rings (SSSR count). The van der Waals surface area contributed by atoms with Crippen LogP contribution in [0.4, 0.5) is 11.4 Å². The van der Waals surface area contributed by atoms with Crippen molar-refractivity contribution in [3.8, 4) is 0 Å². The number of nitro groups is 1. The van der Waals surface area contributed by atoms with Crippen LogP contribution in [0.5, 0.6) is 0 Å². The molecule has 0 aliphatic rings. The Kier molecular flexibility index (Phi) is 3.77. The van der Waals surface area contributed by atoms with E-state index in [1.165, 1.54) is 24.0 Å². The molecule has 0 aliphatic heterocycles. The Morgan fingerprint density at radius 2 is 2.31 bits per heavy atom. The maximum atomic E-state index is 11.3. The average Bonchev–Trinajstić information content (AvgIpc) is 2.25. The number of hydrogen-bond donors (Lipinski definition) is 0. The average molecular weight is 220 g/mol. The highest BCUT2D eigenvalue weighted by molar-refractivity contribution is 5.92. The molecule has 0 atom stereocenters. The standard InChI is InChI=1S/C11H12N2O3/c1-3-7-12(9(2)14)10-5-4-6-11(8-10)13(15)16/h3-6,8H,1,7H2,2H3. The SMILES string of the molecule is C=CCN(C(C)=O)c1cccc([N+](=O)[O-])c1. The van der Waals surface area contributed by atoms with E-state index in [1.54, 1.807) is 18.2 Å². The topological polar surface area (TPSA) is 63.5 Å². The molecule has 0 saturated heterocycles. The van der Waals surface area contributed by atoms with E-state index in [9.17, 15) is 14.9 Å². The van der Waals surface area contributed by atoms with Crippen molar-refractivity contribution in [2.24, 2.45) is 0 Å². The summed E-state index contributed by atoms with van der Waals surface area (Å²) in [6, 6.07) is 5.95. The van der Waals surface area contributed by atoms with Crippen LogP contribution in [-0.2, 0) is 4.79 Å². The van der Waals surface area contributed by atoms with E-state index in [0.29, 0.717) is 12.2 Å². The Bertz CT molecular complexity index is 429. The Hall–Kier alpha value is -2.17. The van der Waals surface area contributed by atoms with Crippen LogP contribution >= 0.6 is 0 Å². The molecule has 0 aliphatic carbocycles. The van der Waals surface area contributed by atoms with Gasteiger partial charge in [0.1, 0.15) is 0 Å². The number of hydrogen-bond acceptors (Lipinski definition) is 3. The van der Waals surface area contributed by atoms with Crippen molar-refractivity contribution >= 4 is 17.3 Å². The molecule has 1 amide bonds. The second-order valence-electron chi connectivity index (χ2n) is 3.20. The maximum absolute atomic E-state index is 11.3. The van der Waals surface area contributed by atoms with E-state index in [0.717, 1.165) is 0 Å². The van der Waals surface area contributed by atoms with Gasteiger partial charge in [-0.25, -0.2) is 0 Å². The first-order chi connectivity index (χ1) is 7.56. The molecule has 0 fully saturated rings. The Morgan fingerprint density at radius 1 is 1.62 bits per heavy atom. The summed E-state index contributed by atoms with van der Waals surface area (Å²) < 4.78 is 0. The Balaban J connectivity index is 3.09. The zero-order valence-corrected chi connectivity index (χ0v) is 8.92. The summed E-state index contributed by atoms with van der Waals surface area (Å²) in [6.45, 7) is 5.27. The number of rotatable bonds is 4. The lowest BCUT2D eigenvalue weighted by Gasteiger charge is -2.18. The number of carbonyl (C=O) groups excluding carboxylic acids is 1. The van der Waals surface area contributed by atoms with Crippen molar-refractivity contribution in [1.29, 1.82) is 0 Å². The third-order valence-electron chi connectivity index (χ3n) is 2.04. The van der Waals surface area contributed by atoms with Crippen LogP contribution in [0.1, 0.15) is 6.92 Å². The first-order valence-electron chi connectivity index (χ1n) is 4.69. The molecule has 0 N–H and O–H groups in total. The molecule has 0 heterocycles. The molecule has 1 aromatic carbocycles. The summed E-state index contributed by atoms with van der Waals surface area (Å²) in [4.78, 5) is 22.8. The predicted molar refractivity (Wildman–Crippen MR) is 61.3 cm³/mol. The van der Waals surface area contributed by atoms with E-state index < -0.39 is 4.92 Å². The number of benzene rings is 1. The molecule has 0 aromatic heterocycles. The highest BCUT2D eigenvalue weighted by atomic mass is 16.6. The lowest BCUT2D eigenvalue weighted by Crippen LogP contribution is -2.28. The van der Waals surface area contributed by atoms with Crippen molar-refractivity contribution < 1.29 is 9.72 Å². The van der Waals surface area contributed by atoms with Gasteiger partial charge in [0.05, 0.1) is 10.6 Å². The van der Waals surface area contributed by atoms with Gasteiger partial charge in [0, 0.05) is 25.6 Å². The third-order valence-corrected chi connectivity index (χ3v) is 2.04. The molecule has 0 bridgehead atoms. The zero-order valence-electron chi connectivity index (χ0n) is 8.92. The number of non-ortho nitro benzene ring substituents is 1. The van der Waals surface area contributed by atoms with Gasteiger partial charge in [-0.3, -0.25) is 14.9 Å². The van der Waals surface area contributed by atoms with Crippen molar-refractivity contribution in [3.05, 3.63) is 47.0 Å². The van der Waals surface area contributed by atoms with E-state index >= 15 is 0 Å². The predicted octanol–water partition coefficient (Wildman–Crippen LogP) is 2.13. The van der Waals surface area contributed by atoms with E-state index in [1.807, 2.05) is 0 Å². The quantitative estimate of drug-likeness (QED) is 0.443. The molecule has 5 heteroatoms. The summed E-state index contributed by atoms with van der Waals surface area (Å²) in [5.41, 5.74) is 0.467. The lowest BCUT2D eigenvalue weighted by molar-refractivity contribution is -0.384. The number of carbonyl (C=O) groups is 1. The van der Waals surface area contributed by atoms with Crippen molar-refractivity contribution in [2.45, 2.75) is 6.92 Å². The molecule has 16 heavy (non-hydrogen) atoms. The largest absolute Gasteiger partial charge is 0.309 e. The molecular formula is C11H12N2O3.